The lowest BCUT2D eigenvalue weighted by Crippen LogP contribution is -1.98. The van der Waals surface area contributed by atoms with Crippen molar-refractivity contribution in [3.63, 3.8) is 0 Å². The van der Waals surface area contributed by atoms with Crippen LogP contribution >= 0.6 is 0 Å². The van der Waals surface area contributed by atoms with Crippen molar-refractivity contribution in [2.75, 3.05) is 0 Å². The maximum atomic E-state index is 3.31. The van der Waals surface area contributed by atoms with Crippen molar-refractivity contribution in [1.29, 1.82) is 0 Å². The molecular weight excluding hydrogens is 132 g/mol. The Balaban J connectivity index is 2.07. The normalized spacial score (nSPS) is 15.5. The van der Waals surface area contributed by atoms with Crippen molar-refractivity contribution in [2.24, 2.45) is 0 Å². The van der Waals surface area contributed by atoms with Gasteiger partial charge in [-0.15, -0.1) is 0 Å². The largest absolute Gasteiger partial charge is 0.0622 e. The highest BCUT2D eigenvalue weighted by atomic mass is 14.1. The highest BCUT2D eigenvalue weighted by molar-refractivity contribution is 5.23. The summed E-state index contributed by atoms with van der Waals surface area (Å²) >= 11 is 0. The fourth-order valence-electron chi connectivity index (χ4n) is 1.29. The van der Waals surface area contributed by atoms with Gasteiger partial charge in [0.05, 0.1) is 0 Å². The molecule has 0 atom stereocenters. The molecule has 0 saturated heterocycles. The molecule has 0 N–H and O–H groups in total. The van der Waals surface area contributed by atoms with E-state index in [9.17, 15) is 0 Å². The third-order valence-corrected chi connectivity index (χ3v) is 2.06. The predicted octanol–water partition coefficient (Wildman–Crippen LogP) is 2.75. The minimum Gasteiger partial charge on any atom is -0.0622 e. The molecule has 0 bridgehead atoms. The van der Waals surface area contributed by atoms with E-state index in [1.54, 1.807) is 0 Å². The van der Waals surface area contributed by atoms with Crippen molar-refractivity contribution < 1.29 is 0 Å². The Morgan fingerprint density at radius 1 is 1.18 bits per heavy atom. The monoisotopic (exact) mass is 143 g/mol. The molecule has 0 spiro atoms. The van der Waals surface area contributed by atoms with Gasteiger partial charge in [0, 0.05) is 0 Å². The molecule has 1 aromatic carbocycles. The lowest BCUT2D eigenvalue weighted by Gasteiger charge is -2.12. The van der Waals surface area contributed by atoms with E-state index in [1.807, 2.05) is 0 Å². The maximum absolute atomic E-state index is 3.31. The van der Waals surface area contributed by atoms with Gasteiger partial charge in [-0.25, -0.2) is 0 Å². The van der Waals surface area contributed by atoms with Crippen molar-refractivity contribution in [3.05, 3.63) is 47.5 Å². The highest BCUT2D eigenvalue weighted by Gasteiger charge is 2.05. The summed E-state index contributed by atoms with van der Waals surface area (Å²) in [5.74, 6) is 0. The van der Waals surface area contributed by atoms with Gasteiger partial charge in [-0.3, -0.25) is 0 Å². The lowest BCUT2D eigenvalue weighted by atomic mass is 9.93. The molecule has 0 heterocycles. The Morgan fingerprint density at radius 3 is 2.45 bits per heavy atom. The summed E-state index contributed by atoms with van der Waals surface area (Å²) in [6, 6.07) is 10.6. The number of benzene rings is 1. The molecule has 0 fully saturated rings. The van der Waals surface area contributed by atoms with Crippen LogP contribution in [0, 0.1) is 6.08 Å². The molecular formula is C11H11. The van der Waals surface area contributed by atoms with Gasteiger partial charge >= 0.3 is 0 Å². The summed E-state index contributed by atoms with van der Waals surface area (Å²) in [5, 5.41) is 0. The average Bonchev–Trinajstić information content (AvgIpc) is 1.99. The molecule has 2 rings (SSSR count). The van der Waals surface area contributed by atoms with Gasteiger partial charge in [-0.1, -0.05) is 35.9 Å². The summed E-state index contributed by atoms with van der Waals surface area (Å²) in [7, 11) is 0. The van der Waals surface area contributed by atoms with E-state index in [1.165, 1.54) is 24.0 Å². The van der Waals surface area contributed by atoms with E-state index in [0.29, 0.717) is 0 Å². The van der Waals surface area contributed by atoms with Crippen LogP contribution in [0.3, 0.4) is 0 Å². The Hall–Kier alpha value is -1.04. The average molecular weight is 143 g/mol. The Kier molecular flexibility index (Phi) is 1.76. The van der Waals surface area contributed by atoms with Gasteiger partial charge < -0.3 is 0 Å². The molecule has 0 aliphatic heterocycles. The number of allylic oxidation sites excluding steroid dienone is 2. The van der Waals surface area contributed by atoms with Crippen LogP contribution in [-0.4, -0.2) is 0 Å². The minimum absolute atomic E-state index is 1.11. The smallest absolute Gasteiger partial charge is 0.00611 e. The second-order valence-corrected chi connectivity index (χ2v) is 2.94. The van der Waals surface area contributed by atoms with E-state index < -0.39 is 0 Å². The number of hydrogen-bond donors (Lipinski definition) is 0. The third kappa shape index (κ3) is 1.51. The van der Waals surface area contributed by atoms with E-state index >= 15 is 0 Å². The Labute approximate surface area is 67.6 Å². The molecule has 55 valence electrons. The first-order valence-corrected chi connectivity index (χ1v) is 4.07. The van der Waals surface area contributed by atoms with Gasteiger partial charge in [0.1, 0.15) is 0 Å². The maximum Gasteiger partial charge on any atom is -0.00611 e. The molecule has 11 heavy (non-hydrogen) atoms. The number of rotatable bonds is 2. The van der Waals surface area contributed by atoms with Crippen LogP contribution in [0.5, 0.6) is 0 Å². The first-order chi connectivity index (χ1) is 5.45. The van der Waals surface area contributed by atoms with Crippen molar-refractivity contribution in [3.8, 4) is 0 Å². The van der Waals surface area contributed by atoms with Gasteiger partial charge in [0.15, 0.2) is 0 Å². The zero-order valence-electron chi connectivity index (χ0n) is 6.51. The first-order valence-electron chi connectivity index (χ1n) is 4.07. The van der Waals surface area contributed by atoms with Gasteiger partial charge in [0.25, 0.3) is 0 Å². The molecule has 0 amide bonds. The second kappa shape index (κ2) is 2.91. The van der Waals surface area contributed by atoms with Crippen molar-refractivity contribution in [1.82, 2.24) is 0 Å². The fraction of sp³-hybridized carbons (Fsp3) is 0.273. The summed E-state index contributed by atoms with van der Waals surface area (Å²) < 4.78 is 0. The minimum atomic E-state index is 1.11. The van der Waals surface area contributed by atoms with Crippen molar-refractivity contribution in [2.45, 2.75) is 19.3 Å². The second-order valence-electron chi connectivity index (χ2n) is 2.94. The molecule has 0 unspecified atom stereocenters. The summed E-state index contributed by atoms with van der Waals surface area (Å²) in [6.07, 6.45) is 6.85. The Bertz CT molecular complexity index is 257. The van der Waals surface area contributed by atoms with E-state index in [0.717, 1.165) is 6.42 Å². The molecule has 1 aromatic rings. The highest BCUT2D eigenvalue weighted by Crippen LogP contribution is 2.20. The number of hydrogen-bond acceptors (Lipinski definition) is 0. The zero-order valence-corrected chi connectivity index (χ0v) is 6.51. The van der Waals surface area contributed by atoms with Crippen LogP contribution in [-0.2, 0) is 6.42 Å². The van der Waals surface area contributed by atoms with Gasteiger partial charge in [-0.05, 0) is 30.9 Å². The molecule has 0 nitrogen and oxygen atoms in total. The molecule has 0 saturated carbocycles. The van der Waals surface area contributed by atoms with Gasteiger partial charge in [0.2, 0.25) is 0 Å². The summed E-state index contributed by atoms with van der Waals surface area (Å²) in [6.45, 7) is 0. The van der Waals surface area contributed by atoms with Crippen LogP contribution in [0.25, 0.3) is 0 Å². The SMILES string of the molecule is [C]1=C(Cc2ccccc2)CC1. The van der Waals surface area contributed by atoms with Crippen molar-refractivity contribution >= 4 is 0 Å². The summed E-state index contributed by atoms with van der Waals surface area (Å²) in [4.78, 5) is 0. The van der Waals surface area contributed by atoms with Crippen LogP contribution in [0.4, 0.5) is 0 Å². The molecule has 1 aliphatic rings. The summed E-state index contributed by atoms with van der Waals surface area (Å²) in [5.41, 5.74) is 2.89. The quantitative estimate of drug-likeness (QED) is 0.597. The molecule has 0 aromatic heterocycles. The van der Waals surface area contributed by atoms with E-state index in [4.69, 9.17) is 0 Å². The van der Waals surface area contributed by atoms with Crippen LogP contribution in [0.2, 0.25) is 0 Å². The van der Waals surface area contributed by atoms with E-state index in [-0.39, 0.29) is 0 Å². The van der Waals surface area contributed by atoms with Crippen LogP contribution in [0.15, 0.2) is 35.9 Å². The Morgan fingerprint density at radius 2 is 1.91 bits per heavy atom. The fourth-order valence-corrected chi connectivity index (χ4v) is 1.29. The lowest BCUT2D eigenvalue weighted by molar-refractivity contribution is 0.803. The van der Waals surface area contributed by atoms with Crippen LogP contribution < -0.4 is 0 Å². The molecule has 1 aliphatic carbocycles. The first kappa shape index (κ1) is 6.66. The van der Waals surface area contributed by atoms with E-state index in [2.05, 4.69) is 36.4 Å². The third-order valence-electron chi connectivity index (χ3n) is 2.06. The topological polar surface area (TPSA) is 0 Å². The molecule has 1 radical (unpaired) electrons. The van der Waals surface area contributed by atoms with Crippen LogP contribution in [0.1, 0.15) is 18.4 Å². The predicted molar refractivity (Wildman–Crippen MR) is 46.1 cm³/mol. The zero-order chi connectivity index (χ0) is 7.52. The molecule has 0 heteroatoms. The van der Waals surface area contributed by atoms with Gasteiger partial charge in [-0.2, -0.15) is 0 Å². The standard InChI is InChI=1S/C11H11/c1-2-5-10(6-3-1)9-11-7-4-8-11/h1-3,5-6H,4,7,9H2.